The van der Waals surface area contributed by atoms with Crippen LogP contribution in [0, 0.1) is 6.92 Å². The highest BCUT2D eigenvalue weighted by Gasteiger charge is 2.13. The van der Waals surface area contributed by atoms with E-state index in [1.807, 2.05) is 14.0 Å². The molecule has 21 heavy (non-hydrogen) atoms. The highest BCUT2D eigenvalue weighted by atomic mass is 32.2. The molecule has 1 aromatic heterocycles. The first-order valence-corrected chi connectivity index (χ1v) is 8.00. The van der Waals surface area contributed by atoms with Gasteiger partial charge in [0.2, 0.25) is 10.0 Å². The molecule has 0 aliphatic rings. The Labute approximate surface area is 124 Å². The van der Waals surface area contributed by atoms with E-state index in [1.54, 1.807) is 36.7 Å². The summed E-state index contributed by atoms with van der Waals surface area (Å²) in [7, 11) is -1.70. The van der Waals surface area contributed by atoms with Crippen LogP contribution in [0.2, 0.25) is 0 Å². The average Bonchev–Trinajstić information content (AvgIpc) is 2.48. The number of nitrogens with zero attached hydrogens (tertiary/aromatic N) is 2. The molecule has 2 N–H and O–H groups in total. The molecule has 112 valence electrons. The standard InChI is InChI=1S/C14H18N4O2S/c1-11-7-17-13(9-16-11)10-18-21(19,20)14-5-3-12(4-6-14)8-15-2/h3-7,9,15,18H,8,10H2,1-2H3. The van der Waals surface area contributed by atoms with Crippen LogP contribution in [0.5, 0.6) is 0 Å². The molecule has 0 fully saturated rings. The first-order valence-electron chi connectivity index (χ1n) is 6.52. The zero-order chi connectivity index (χ0) is 15.3. The Balaban J connectivity index is 2.05. The van der Waals surface area contributed by atoms with Gasteiger partial charge < -0.3 is 5.32 Å². The highest BCUT2D eigenvalue weighted by Crippen LogP contribution is 2.11. The van der Waals surface area contributed by atoms with Crippen LogP contribution in [0.25, 0.3) is 0 Å². The molecule has 1 heterocycles. The van der Waals surface area contributed by atoms with Crippen LogP contribution in [0.1, 0.15) is 17.0 Å². The van der Waals surface area contributed by atoms with E-state index in [-0.39, 0.29) is 11.4 Å². The lowest BCUT2D eigenvalue weighted by Gasteiger charge is -2.07. The Bertz CT molecular complexity index is 682. The largest absolute Gasteiger partial charge is 0.316 e. The van der Waals surface area contributed by atoms with Crippen molar-refractivity contribution in [1.82, 2.24) is 20.0 Å². The molecule has 7 heteroatoms. The van der Waals surface area contributed by atoms with Crippen LogP contribution in [-0.2, 0) is 23.1 Å². The molecule has 0 spiro atoms. The minimum atomic E-state index is -3.54. The molecule has 0 radical (unpaired) electrons. The number of rotatable bonds is 6. The topological polar surface area (TPSA) is 84.0 Å². The molecule has 0 amide bonds. The molecule has 0 saturated carbocycles. The monoisotopic (exact) mass is 306 g/mol. The number of nitrogens with one attached hydrogen (secondary N) is 2. The highest BCUT2D eigenvalue weighted by molar-refractivity contribution is 7.89. The summed E-state index contributed by atoms with van der Waals surface area (Å²) in [5.41, 5.74) is 2.40. The van der Waals surface area contributed by atoms with Gasteiger partial charge >= 0.3 is 0 Å². The molecule has 0 aliphatic carbocycles. The van der Waals surface area contributed by atoms with E-state index in [1.165, 1.54) is 0 Å². The molecule has 0 unspecified atom stereocenters. The van der Waals surface area contributed by atoms with Crippen molar-refractivity contribution in [3.05, 3.63) is 53.6 Å². The maximum absolute atomic E-state index is 12.2. The third-order valence-electron chi connectivity index (χ3n) is 2.89. The van der Waals surface area contributed by atoms with E-state index < -0.39 is 10.0 Å². The molecule has 0 bridgehead atoms. The van der Waals surface area contributed by atoms with Crippen molar-refractivity contribution in [2.24, 2.45) is 0 Å². The van der Waals surface area contributed by atoms with Crippen LogP contribution in [0.4, 0.5) is 0 Å². The van der Waals surface area contributed by atoms with Crippen LogP contribution in [0.3, 0.4) is 0 Å². The molecule has 1 aromatic carbocycles. The van der Waals surface area contributed by atoms with Crippen LogP contribution in [-0.4, -0.2) is 25.4 Å². The van der Waals surface area contributed by atoms with Gasteiger partial charge in [-0.3, -0.25) is 9.97 Å². The Morgan fingerprint density at radius 3 is 2.33 bits per heavy atom. The predicted octanol–water partition coefficient (Wildman–Crippen LogP) is 0.983. The Morgan fingerprint density at radius 1 is 1.05 bits per heavy atom. The van der Waals surface area contributed by atoms with Crippen molar-refractivity contribution in [1.29, 1.82) is 0 Å². The Hall–Kier alpha value is -1.83. The third-order valence-corrected chi connectivity index (χ3v) is 4.31. The number of aromatic nitrogens is 2. The number of aryl methyl sites for hydroxylation is 1. The number of hydrogen-bond donors (Lipinski definition) is 2. The van der Waals surface area contributed by atoms with E-state index in [9.17, 15) is 8.42 Å². The second-order valence-electron chi connectivity index (χ2n) is 4.65. The molecular formula is C14H18N4O2S. The summed E-state index contributed by atoms with van der Waals surface area (Å²) >= 11 is 0. The second-order valence-corrected chi connectivity index (χ2v) is 6.41. The Morgan fingerprint density at radius 2 is 1.76 bits per heavy atom. The van der Waals surface area contributed by atoms with Gasteiger partial charge in [0.15, 0.2) is 0 Å². The van der Waals surface area contributed by atoms with Gasteiger partial charge in [-0.25, -0.2) is 13.1 Å². The summed E-state index contributed by atoms with van der Waals surface area (Å²) in [6.45, 7) is 2.65. The zero-order valence-corrected chi connectivity index (χ0v) is 12.8. The van der Waals surface area contributed by atoms with Crippen molar-refractivity contribution in [3.63, 3.8) is 0 Å². The first-order chi connectivity index (χ1) is 10.0. The molecule has 2 rings (SSSR count). The first kappa shape index (κ1) is 15.6. The van der Waals surface area contributed by atoms with Crippen LogP contribution < -0.4 is 10.0 Å². The van der Waals surface area contributed by atoms with Crippen LogP contribution in [0.15, 0.2) is 41.6 Å². The summed E-state index contributed by atoms with van der Waals surface area (Å²) in [6.07, 6.45) is 3.17. The van der Waals surface area contributed by atoms with Crippen molar-refractivity contribution in [2.75, 3.05) is 7.05 Å². The minimum Gasteiger partial charge on any atom is -0.316 e. The smallest absolute Gasteiger partial charge is 0.240 e. The summed E-state index contributed by atoms with van der Waals surface area (Å²) in [5, 5.41) is 3.01. The van der Waals surface area contributed by atoms with E-state index >= 15 is 0 Å². The lowest BCUT2D eigenvalue weighted by Crippen LogP contribution is -2.23. The van der Waals surface area contributed by atoms with Gasteiger partial charge in [0, 0.05) is 12.7 Å². The number of sulfonamides is 1. The van der Waals surface area contributed by atoms with Gasteiger partial charge in [-0.05, 0) is 31.7 Å². The Kier molecular flexibility index (Phi) is 5.00. The molecular weight excluding hydrogens is 288 g/mol. The van der Waals surface area contributed by atoms with Crippen LogP contribution >= 0.6 is 0 Å². The normalized spacial score (nSPS) is 11.5. The molecule has 0 saturated heterocycles. The minimum absolute atomic E-state index is 0.119. The maximum atomic E-state index is 12.2. The van der Waals surface area contributed by atoms with Crippen molar-refractivity contribution < 1.29 is 8.42 Å². The van der Waals surface area contributed by atoms with Gasteiger partial charge in [-0.1, -0.05) is 12.1 Å². The van der Waals surface area contributed by atoms with Gasteiger partial charge in [0.25, 0.3) is 0 Å². The maximum Gasteiger partial charge on any atom is 0.240 e. The summed E-state index contributed by atoms with van der Waals surface area (Å²) < 4.78 is 26.8. The summed E-state index contributed by atoms with van der Waals surface area (Å²) in [4.78, 5) is 8.43. The quantitative estimate of drug-likeness (QED) is 0.831. The van der Waals surface area contributed by atoms with Gasteiger partial charge in [-0.2, -0.15) is 0 Å². The average molecular weight is 306 g/mol. The third kappa shape index (κ3) is 4.32. The fourth-order valence-corrected chi connectivity index (χ4v) is 2.75. The predicted molar refractivity (Wildman–Crippen MR) is 80.0 cm³/mol. The molecule has 2 aromatic rings. The molecule has 0 aliphatic heterocycles. The fourth-order valence-electron chi connectivity index (χ4n) is 1.75. The van der Waals surface area contributed by atoms with E-state index in [2.05, 4.69) is 20.0 Å². The molecule has 6 nitrogen and oxygen atoms in total. The number of hydrogen-bond acceptors (Lipinski definition) is 5. The van der Waals surface area contributed by atoms with Crippen molar-refractivity contribution >= 4 is 10.0 Å². The van der Waals surface area contributed by atoms with E-state index in [0.717, 1.165) is 11.3 Å². The van der Waals surface area contributed by atoms with Crippen molar-refractivity contribution in [2.45, 2.75) is 24.9 Å². The van der Waals surface area contributed by atoms with E-state index in [4.69, 9.17) is 0 Å². The molecule has 0 atom stereocenters. The second kappa shape index (κ2) is 6.75. The fraction of sp³-hybridized carbons (Fsp3) is 0.286. The lowest BCUT2D eigenvalue weighted by molar-refractivity contribution is 0.580. The summed E-state index contributed by atoms with van der Waals surface area (Å²) in [5.74, 6) is 0. The zero-order valence-electron chi connectivity index (χ0n) is 12.0. The lowest BCUT2D eigenvalue weighted by atomic mass is 10.2. The number of benzene rings is 1. The summed E-state index contributed by atoms with van der Waals surface area (Å²) in [6, 6.07) is 6.76. The van der Waals surface area contributed by atoms with E-state index in [0.29, 0.717) is 12.2 Å². The van der Waals surface area contributed by atoms with Gasteiger partial charge in [-0.15, -0.1) is 0 Å². The van der Waals surface area contributed by atoms with Crippen molar-refractivity contribution in [3.8, 4) is 0 Å². The SMILES string of the molecule is CNCc1ccc(S(=O)(=O)NCc2cnc(C)cn2)cc1. The van der Waals surface area contributed by atoms with Gasteiger partial charge in [0.1, 0.15) is 0 Å². The van der Waals surface area contributed by atoms with Gasteiger partial charge in [0.05, 0.1) is 29.0 Å².